The van der Waals surface area contributed by atoms with Crippen molar-refractivity contribution in [2.24, 2.45) is 10.2 Å². The highest BCUT2D eigenvalue weighted by atomic mass is 15.1. The Bertz CT molecular complexity index is 384. The zero-order valence-corrected chi connectivity index (χ0v) is 19.4. The molecule has 0 saturated carbocycles. The quantitative estimate of drug-likeness (QED) is 0.380. The van der Waals surface area contributed by atoms with Gasteiger partial charge in [0.15, 0.2) is 0 Å². The molecule has 0 atom stereocenters. The smallest absolute Gasteiger partial charge is 0.102 e. The van der Waals surface area contributed by atoms with Crippen molar-refractivity contribution in [3.63, 3.8) is 0 Å². The van der Waals surface area contributed by atoms with Crippen LogP contribution in [-0.4, -0.2) is 13.1 Å². The Hall–Kier alpha value is -1.18. The summed E-state index contributed by atoms with van der Waals surface area (Å²) in [6.45, 7) is 26.4. The van der Waals surface area contributed by atoms with E-state index in [4.69, 9.17) is 0 Å². The third kappa shape index (κ3) is 19.0. The van der Waals surface area contributed by atoms with E-state index in [0.29, 0.717) is 0 Å². The highest BCUT2D eigenvalue weighted by Crippen LogP contribution is 2.22. The molecule has 1 rings (SSSR count). The predicted octanol–water partition coefficient (Wildman–Crippen LogP) is 8.06. The highest BCUT2D eigenvalue weighted by molar-refractivity contribution is 5.33. The molecule has 3 heteroatoms. The van der Waals surface area contributed by atoms with Gasteiger partial charge in [0.05, 0.1) is 5.70 Å². The average molecular weight is 354 g/mol. The first kappa shape index (κ1) is 31.6. The molecule has 1 heterocycles. The summed E-state index contributed by atoms with van der Waals surface area (Å²) in [7, 11) is 0. The van der Waals surface area contributed by atoms with E-state index in [-0.39, 0.29) is 0 Å². The van der Waals surface area contributed by atoms with Crippen LogP contribution in [0.3, 0.4) is 0 Å². The average Bonchev–Trinajstić information content (AvgIpc) is 2.81. The molecular weight excluding hydrogens is 306 g/mol. The maximum Gasteiger partial charge on any atom is 0.102 e. The molecule has 1 aliphatic rings. The van der Waals surface area contributed by atoms with Crippen molar-refractivity contribution in [2.75, 3.05) is 13.1 Å². The molecule has 0 unspecified atom stereocenters. The van der Waals surface area contributed by atoms with Gasteiger partial charge in [-0.2, -0.15) is 5.11 Å². The molecule has 0 radical (unpaired) electrons. The molecular formula is C22H47N3. The van der Waals surface area contributed by atoms with Gasteiger partial charge >= 0.3 is 0 Å². The lowest BCUT2D eigenvalue weighted by molar-refractivity contribution is 0.634. The van der Waals surface area contributed by atoms with Crippen LogP contribution in [-0.2, 0) is 0 Å². The molecule has 0 bridgehead atoms. The molecule has 0 aromatic heterocycles. The van der Waals surface area contributed by atoms with Crippen LogP contribution in [0.2, 0.25) is 0 Å². The number of hydrogen-bond donors (Lipinski definition) is 1. The lowest BCUT2D eigenvalue weighted by Crippen LogP contribution is -2.15. The van der Waals surface area contributed by atoms with Gasteiger partial charge in [-0.15, -0.1) is 5.11 Å². The number of azo groups is 1. The minimum absolute atomic E-state index is 0.862. The lowest BCUT2D eigenvalue weighted by Gasteiger charge is -2.06. The molecule has 0 amide bonds. The van der Waals surface area contributed by atoms with Crippen LogP contribution >= 0.6 is 0 Å². The standard InChI is InChI=1S/C14H23N3.4C2H6/c1-5-8-15-9-6-7-14-13(4)11(2)10-12(3)16-17-14;4*1-2/h15H,5-9H2,1-4H3;4*1-2H3. The molecule has 25 heavy (non-hydrogen) atoms. The van der Waals surface area contributed by atoms with Crippen molar-refractivity contribution in [3.05, 3.63) is 28.3 Å². The second-order valence-electron chi connectivity index (χ2n) is 4.46. The number of allylic oxidation sites excluding steroid dienone is 3. The van der Waals surface area contributed by atoms with E-state index in [0.717, 1.165) is 42.9 Å². The van der Waals surface area contributed by atoms with Gasteiger partial charge in [0.2, 0.25) is 0 Å². The lowest BCUT2D eigenvalue weighted by atomic mass is 10.1. The second kappa shape index (κ2) is 27.7. The van der Waals surface area contributed by atoms with Crippen LogP contribution in [0, 0.1) is 0 Å². The van der Waals surface area contributed by atoms with Crippen molar-refractivity contribution in [2.45, 2.75) is 102 Å². The van der Waals surface area contributed by atoms with Crippen LogP contribution in [0.15, 0.2) is 38.5 Å². The first-order valence-electron chi connectivity index (χ1n) is 10.4. The third-order valence-electron chi connectivity index (χ3n) is 2.88. The van der Waals surface area contributed by atoms with Gasteiger partial charge in [0.25, 0.3) is 0 Å². The SMILES string of the molecule is CC.CC.CC.CC.CCCNCCCC1=C(C)C(C)=C=C(C)N=N1. The van der Waals surface area contributed by atoms with Crippen LogP contribution in [0.5, 0.6) is 0 Å². The zero-order valence-electron chi connectivity index (χ0n) is 19.4. The van der Waals surface area contributed by atoms with Crippen molar-refractivity contribution >= 4 is 0 Å². The normalized spacial score (nSPS) is 11.7. The van der Waals surface area contributed by atoms with E-state index in [1.165, 1.54) is 12.0 Å². The fraction of sp³-hybridized carbons (Fsp3) is 0.773. The van der Waals surface area contributed by atoms with E-state index in [2.05, 4.69) is 42.0 Å². The zero-order chi connectivity index (χ0) is 20.7. The summed E-state index contributed by atoms with van der Waals surface area (Å²) in [5.41, 5.74) is 7.58. The van der Waals surface area contributed by atoms with Crippen molar-refractivity contribution < 1.29 is 0 Å². The molecule has 0 spiro atoms. The summed E-state index contributed by atoms with van der Waals surface area (Å²) in [5, 5.41) is 11.9. The second-order valence-corrected chi connectivity index (χ2v) is 4.46. The third-order valence-corrected chi connectivity index (χ3v) is 2.88. The number of rotatable bonds is 6. The Labute approximate surface area is 159 Å². The predicted molar refractivity (Wildman–Crippen MR) is 117 cm³/mol. The molecule has 0 fully saturated rings. The van der Waals surface area contributed by atoms with Crippen LogP contribution in [0.25, 0.3) is 0 Å². The minimum Gasteiger partial charge on any atom is -0.317 e. The van der Waals surface area contributed by atoms with Gasteiger partial charge in [0, 0.05) is 0 Å². The number of nitrogens with one attached hydrogen (secondary N) is 1. The van der Waals surface area contributed by atoms with Crippen LogP contribution < -0.4 is 5.32 Å². The molecule has 0 aliphatic carbocycles. The van der Waals surface area contributed by atoms with Gasteiger partial charge in [-0.1, -0.05) is 68.0 Å². The summed E-state index contributed by atoms with van der Waals surface area (Å²) >= 11 is 0. The maximum atomic E-state index is 4.31. The molecule has 1 aliphatic heterocycles. The fourth-order valence-electron chi connectivity index (χ4n) is 1.74. The molecule has 0 aromatic carbocycles. The fourth-order valence-corrected chi connectivity index (χ4v) is 1.74. The van der Waals surface area contributed by atoms with E-state index in [1.807, 2.05) is 62.3 Å². The summed E-state index contributed by atoms with van der Waals surface area (Å²) < 4.78 is 0. The van der Waals surface area contributed by atoms with Crippen molar-refractivity contribution in [1.29, 1.82) is 0 Å². The Balaban J connectivity index is -0.000000241. The Morgan fingerprint density at radius 3 is 1.80 bits per heavy atom. The first-order chi connectivity index (χ1) is 12.1. The topological polar surface area (TPSA) is 36.8 Å². The van der Waals surface area contributed by atoms with Gasteiger partial charge in [0.1, 0.15) is 5.70 Å². The number of nitrogens with zero attached hydrogens (tertiary/aromatic N) is 2. The van der Waals surface area contributed by atoms with Crippen molar-refractivity contribution in [3.8, 4) is 0 Å². The van der Waals surface area contributed by atoms with Gasteiger partial charge in [-0.05, 0) is 64.3 Å². The van der Waals surface area contributed by atoms with Gasteiger partial charge in [-0.3, -0.25) is 0 Å². The molecule has 0 saturated heterocycles. The van der Waals surface area contributed by atoms with Crippen LogP contribution in [0.4, 0.5) is 0 Å². The van der Waals surface area contributed by atoms with Crippen molar-refractivity contribution in [1.82, 2.24) is 5.32 Å². The summed E-state index contributed by atoms with van der Waals surface area (Å²) in [5.74, 6) is 0. The van der Waals surface area contributed by atoms with E-state index < -0.39 is 0 Å². The van der Waals surface area contributed by atoms with E-state index in [1.54, 1.807) is 0 Å². The first-order valence-corrected chi connectivity index (χ1v) is 10.4. The summed E-state index contributed by atoms with van der Waals surface area (Å²) in [4.78, 5) is 0. The Morgan fingerprint density at radius 2 is 1.32 bits per heavy atom. The Morgan fingerprint density at radius 1 is 0.800 bits per heavy atom. The monoisotopic (exact) mass is 353 g/mol. The largest absolute Gasteiger partial charge is 0.317 e. The maximum absolute atomic E-state index is 4.31. The van der Waals surface area contributed by atoms with Crippen LogP contribution in [0.1, 0.15) is 102 Å². The molecule has 0 aromatic rings. The Kier molecular flexibility index (Phi) is 34.9. The van der Waals surface area contributed by atoms with Gasteiger partial charge in [-0.25, -0.2) is 0 Å². The van der Waals surface area contributed by atoms with E-state index >= 15 is 0 Å². The molecule has 150 valence electrons. The van der Waals surface area contributed by atoms with Gasteiger partial charge < -0.3 is 5.32 Å². The molecule has 1 N–H and O–H groups in total. The summed E-state index contributed by atoms with van der Waals surface area (Å²) in [6, 6.07) is 0. The highest BCUT2D eigenvalue weighted by Gasteiger charge is 2.06. The minimum atomic E-state index is 0.862. The van der Waals surface area contributed by atoms with E-state index in [9.17, 15) is 0 Å². The summed E-state index contributed by atoms with van der Waals surface area (Å²) in [6.07, 6.45) is 3.28. The number of hydrogen-bond acceptors (Lipinski definition) is 3. The molecule has 3 nitrogen and oxygen atoms in total.